The smallest absolute Gasteiger partial charge is 0.251 e. The van der Waals surface area contributed by atoms with Crippen LogP contribution in [-0.4, -0.2) is 20.7 Å². The van der Waals surface area contributed by atoms with Crippen LogP contribution in [0.4, 0.5) is 0 Å². The van der Waals surface area contributed by atoms with E-state index in [1.165, 1.54) is 0 Å². The average Bonchev–Trinajstić information content (AvgIpc) is 3.04. The Kier molecular flexibility index (Phi) is 3.87. The summed E-state index contributed by atoms with van der Waals surface area (Å²) in [5.74, 6) is 1.56. The second kappa shape index (κ2) is 5.66. The van der Waals surface area contributed by atoms with Crippen molar-refractivity contribution in [3.63, 3.8) is 0 Å². The molecule has 1 aliphatic rings. The van der Waals surface area contributed by atoms with E-state index in [0.29, 0.717) is 15.6 Å². The highest BCUT2D eigenvalue weighted by atomic mass is 35.5. The van der Waals surface area contributed by atoms with E-state index in [4.69, 9.17) is 23.2 Å². The number of rotatable bonds is 3. The summed E-state index contributed by atoms with van der Waals surface area (Å²) < 4.78 is 2.07. The van der Waals surface area contributed by atoms with Crippen LogP contribution < -0.4 is 5.32 Å². The molecule has 0 aliphatic carbocycles. The van der Waals surface area contributed by atoms with Crippen molar-refractivity contribution in [3.05, 3.63) is 45.5 Å². The van der Waals surface area contributed by atoms with Crippen LogP contribution in [0.3, 0.4) is 0 Å². The molecule has 1 atom stereocenters. The Morgan fingerprint density at radius 3 is 2.90 bits per heavy atom. The number of aromatic nitrogens is 3. The summed E-state index contributed by atoms with van der Waals surface area (Å²) in [7, 11) is 0. The second-order valence-corrected chi connectivity index (χ2v) is 5.87. The van der Waals surface area contributed by atoms with Crippen LogP contribution in [0.5, 0.6) is 0 Å². The van der Waals surface area contributed by atoms with E-state index in [9.17, 15) is 4.79 Å². The number of fused-ring (bicyclic) bond motifs is 1. The minimum Gasteiger partial charge on any atom is -0.342 e. The number of amides is 1. The lowest BCUT2D eigenvalue weighted by Gasteiger charge is -2.14. The van der Waals surface area contributed by atoms with Crippen molar-refractivity contribution in [1.29, 1.82) is 0 Å². The van der Waals surface area contributed by atoms with Gasteiger partial charge in [0.15, 0.2) is 5.82 Å². The molecule has 3 rings (SSSR count). The van der Waals surface area contributed by atoms with Gasteiger partial charge in [0.1, 0.15) is 5.82 Å². The maximum Gasteiger partial charge on any atom is 0.251 e. The summed E-state index contributed by atoms with van der Waals surface area (Å²) in [4.78, 5) is 12.2. The van der Waals surface area contributed by atoms with Crippen molar-refractivity contribution in [3.8, 4) is 0 Å². The fraction of sp³-hybridized carbons (Fsp3) is 0.357. The number of nitrogens with zero attached hydrogens (tertiary/aromatic N) is 3. The van der Waals surface area contributed by atoms with Gasteiger partial charge in [-0.1, -0.05) is 23.2 Å². The molecule has 0 saturated heterocycles. The van der Waals surface area contributed by atoms with E-state index in [-0.39, 0.29) is 11.9 Å². The first-order valence-electron chi connectivity index (χ1n) is 6.74. The van der Waals surface area contributed by atoms with Gasteiger partial charge >= 0.3 is 0 Å². The van der Waals surface area contributed by atoms with Crippen LogP contribution in [0.15, 0.2) is 18.2 Å². The molecule has 0 radical (unpaired) electrons. The van der Waals surface area contributed by atoms with Gasteiger partial charge < -0.3 is 9.88 Å². The summed E-state index contributed by atoms with van der Waals surface area (Å²) in [5, 5.41) is 12.0. The zero-order chi connectivity index (χ0) is 15.0. The van der Waals surface area contributed by atoms with Gasteiger partial charge in [-0.05, 0) is 31.5 Å². The zero-order valence-corrected chi connectivity index (χ0v) is 12.9. The molecule has 2 aromatic rings. The third-order valence-electron chi connectivity index (χ3n) is 3.55. The lowest BCUT2D eigenvalue weighted by atomic mass is 10.2. The highest BCUT2D eigenvalue weighted by Crippen LogP contribution is 2.23. The first kappa shape index (κ1) is 14.4. The highest BCUT2D eigenvalue weighted by molar-refractivity contribution is 6.42. The number of carbonyl (C=O) groups excluding carboxylic acids is 1. The monoisotopic (exact) mass is 324 g/mol. The van der Waals surface area contributed by atoms with Crippen molar-refractivity contribution >= 4 is 29.1 Å². The maximum absolute atomic E-state index is 12.2. The molecule has 5 nitrogen and oxygen atoms in total. The summed E-state index contributed by atoms with van der Waals surface area (Å²) in [5.41, 5.74) is 0.470. The maximum atomic E-state index is 12.2. The summed E-state index contributed by atoms with van der Waals surface area (Å²) in [6.45, 7) is 2.80. The number of benzene rings is 1. The molecule has 2 heterocycles. The van der Waals surface area contributed by atoms with Crippen molar-refractivity contribution in [1.82, 2.24) is 20.1 Å². The fourth-order valence-corrected chi connectivity index (χ4v) is 2.77. The molecule has 1 aromatic heterocycles. The number of hydrogen-bond donors (Lipinski definition) is 1. The summed E-state index contributed by atoms with van der Waals surface area (Å²) >= 11 is 11.8. The lowest BCUT2D eigenvalue weighted by Crippen LogP contribution is -2.28. The van der Waals surface area contributed by atoms with E-state index in [1.54, 1.807) is 18.2 Å². The molecular weight excluding hydrogens is 311 g/mol. The van der Waals surface area contributed by atoms with Gasteiger partial charge in [0.25, 0.3) is 5.91 Å². The Morgan fingerprint density at radius 2 is 2.14 bits per heavy atom. The van der Waals surface area contributed by atoms with E-state index in [2.05, 4.69) is 20.1 Å². The van der Waals surface area contributed by atoms with Crippen molar-refractivity contribution < 1.29 is 4.79 Å². The lowest BCUT2D eigenvalue weighted by molar-refractivity contribution is 0.0937. The van der Waals surface area contributed by atoms with Gasteiger partial charge in [0, 0.05) is 18.5 Å². The van der Waals surface area contributed by atoms with Gasteiger partial charge in [-0.25, -0.2) is 0 Å². The molecule has 7 heteroatoms. The number of halogens is 2. The molecule has 0 fully saturated rings. The highest BCUT2D eigenvalue weighted by Gasteiger charge is 2.22. The van der Waals surface area contributed by atoms with E-state index >= 15 is 0 Å². The summed E-state index contributed by atoms with van der Waals surface area (Å²) in [6, 6.07) is 4.59. The number of carbonyl (C=O) groups is 1. The predicted octanol–water partition coefficient (Wildman–Crippen LogP) is 3.02. The first-order valence-corrected chi connectivity index (χ1v) is 7.49. The van der Waals surface area contributed by atoms with Gasteiger partial charge in [-0.3, -0.25) is 4.79 Å². The molecule has 21 heavy (non-hydrogen) atoms. The van der Waals surface area contributed by atoms with Crippen LogP contribution in [0.25, 0.3) is 0 Å². The Balaban J connectivity index is 1.76. The normalized spacial score (nSPS) is 14.8. The Morgan fingerprint density at radius 1 is 1.33 bits per heavy atom. The summed E-state index contributed by atoms with van der Waals surface area (Å²) in [6.07, 6.45) is 2.02. The van der Waals surface area contributed by atoms with Crippen LogP contribution in [0.2, 0.25) is 10.0 Å². The fourth-order valence-electron chi connectivity index (χ4n) is 2.48. The SMILES string of the molecule is C[C@H](NC(=O)c1ccc(Cl)c(Cl)c1)c1nnc2n1CCC2. The second-order valence-electron chi connectivity index (χ2n) is 5.05. The Bertz CT molecular complexity index is 698. The molecule has 110 valence electrons. The zero-order valence-electron chi connectivity index (χ0n) is 11.4. The standard InChI is InChI=1S/C14H14Cl2N4O/c1-8(13-19-18-12-3-2-6-20(12)13)17-14(21)9-4-5-10(15)11(16)7-9/h4-5,7-8H,2-3,6H2,1H3,(H,17,21)/t8-/m0/s1. The Hall–Kier alpha value is -1.59. The van der Waals surface area contributed by atoms with Gasteiger partial charge in [0.05, 0.1) is 16.1 Å². The molecule has 0 bridgehead atoms. The van der Waals surface area contributed by atoms with Crippen molar-refractivity contribution in [2.75, 3.05) is 0 Å². The first-order chi connectivity index (χ1) is 10.1. The van der Waals surface area contributed by atoms with Gasteiger partial charge in [-0.2, -0.15) is 0 Å². The van der Waals surface area contributed by atoms with Crippen LogP contribution in [0, 0.1) is 0 Å². The van der Waals surface area contributed by atoms with Crippen molar-refractivity contribution in [2.45, 2.75) is 32.4 Å². The minimum absolute atomic E-state index is 0.212. The quantitative estimate of drug-likeness (QED) is 0.944. The molecular formula is C14H14Cl2N4O. The van der Waals surface area contributed by atoms with E-state index < -0.39 is 0 Å². The molecule has 0 saturated carbocycles. The average molecular weight is 325 g/mol. The molecule has 1 N–H and O–H groups in total. The third kappa shape index (κ3) is 2.76. The van der Waals surface area contributed by atoms with Crippen LogP contribution >= 0.6 is 23.2 Å². The number of hydrogen-bond acceptors (Lipinski definition) is 3. The van der Waals surface area contributed by atoms with Gasteiger partial charge in [0.2, 0.25) is 0 Å². The van der Waals surface area contributed by atoms with Crippen LogP contribution in [0.1, 0.15) is 41.4 Å². The molecule has 1 aliphatic heterocycles. The minimum atomic E-state index is -0.216. The Labute approximate surface area is 132 Å². The largest absolute Gasteiger partial charge is 0.342 e. The van der Waals surface area contributed by atoms with E-state index in [0.717, 1.165) is 31.0 Å². The molecule has 1 amide bonds. The number of nitrogens with one attached hydrogen (secondary N) is 1. The topological polar surface area (TPSA) is 59.8 Å². The van der Waals surface area contributed by atoms with E-state index in [1.807, 2.05) is 6.92 Å². The predicted molar refractivity (Wildman–Crippen MR) is 80.7 cm³/mol. The number of aryl methyl sites for hydroxylation is 1. The van der Waals surface area contributed by atoms with Gasteiger partial charge in [-0.15, -0.1) is 10.2 Å². The van der Waals surface area contributed by atoms with Crippen molar-refractivity contribution in [2.24, 2.45) is 0 Å². The molecule has 0 unspecified atom stereocenters. The third-order valence-corrected chi connectivity index (χ3v) is 4.29. The molecule has 1 aromatic carbocycles. The molecule has 0 spiro atoms. The van der Waals surface area contributed by atoms with Crippen LogP contribution in [-0.2, 0) is 13.0 Å².